The van der Waals surface area contributed by atoms with Crippen LogP contribution in [-0.2, 0) is 14.8 Å². The second-order valence-corrected chi connectivity index (χ2v) is 7.90. The number of carbonyl (C=O) groups is 1. The fourth-order valence-electron chi connectivity index (χ4n) is 2.42. The second-order valence-electron chi connectivity index (χ2n) is 6.14. The van der Waals surface area contributed by atoms with Crippen LogP contribution >= 0.6 is 0 Å². The molecule has 0 aliphatic heterocycles. The first-order valence-corrected chi connectivity index (χ1v) is 10.0. The Labute approximate surface area is 154 Å². The highest BCUT2D eigenvalue weighted by molar-refractivity contribution is 7.89. The van der Waals surface area contributed by atoms with Crippen LogP contribution in [-0.4, -0.2) is 20.9 Å². The zero-order valence-electron chi connectivity index (χ0n) is 15.0. The number of hydrogen-bond donors (Lipinski definition) is 3. The number of hydrogen-bond acceptors (Lipinski definition) is 4. The third-order valence-electron chi connectivity index (χ3n) is 4.11. The molecule has 0 radical (unpaired) electrons. The molecule has 140 valence electrons. The van der Waals surface area contributed by atoms with Crippen molar-refractivity contribution >= 4 is 21.6 Å². The van der Waals surface area contributed by atoms with Gasteiger partial charge in [-0.15, -0.1) is 0 Å². The molecule has 0 saturated heterocycles. The molecule has 0 aromatic heterocycles. The molecular formula is C19H25N3O3S. The van der Waals surface area contributed by atoms with Gasteiger partial charge in [-0.1, -0.05) is 44.2 Å². The van der Waals surface area contributed by atoms with Crippen molar-refractivity contribution in [2.45, 2.75) is 31.2 Å². The van der Waals surface area contributed by atoms with Gasteiger partial charge in [0.15, 0.2) is 0 Å². The molecule has 0 fully saturated rings. The summed E-state index contributed by atoms with van der Waals surface area (Å²) in [6, 6.07) is 15.1. The molecule has 0 aliphatic rings. The van der Waals surface area contributed by atoms with Crippen LogP contribution in [0.3, 0.4) is 0 Å². The maximum Gasteiger partial charge on any atom is 0.240 e. The molecule has 0 saturated carbocycles. The van der Waals surface area contributed by atoms with E-state index in [1.807, 2.05) is 37.3 Å². The van der Waals surface area contributed by atoms with Crippen LogP contribution in [0.2, 0.25) is 0 Å². The summed E-state index contributed by atoms with van der Waals surface area (Å²) in [5.74, 6) is -0.659. The molecule has 1 amide bonds. The van der Waals surface area contributed by atoms with Crippen molar-refractivity contribution in [3.8, 4) is 0 Å². The van der Waals surface area contributed by atoms with Gasteiger partial charge in [0.2, 0.25) is 15.9 Å². The summed E-state index contributed by atoms with van der Waals surface area (Å²) in [7, 11) is -3.52. The molecule has 7 heteroatoms. The molecule has 26 heavy (non-hydrogen) atoms. The molecule has 2 aromatic carbocycles. The minimum Gasteiger partial charge on any atom is -0.326 e. The van der Waals surface area contributed by atoms with E-state index in [4.69, 9.17) is 5.73 Å². The molecule has 0 bridgehead atoms. The summed E-state index contributed by atoms with van der Waals surface area (Å²) in [5.41, 5.74) is 7.58. The molecule has 6 nitrogen and oxygen atoms in total. The average Bonchev–Trinajstić information content (AvgIpc) is 2.66. The SMILES string of the molecule is CCCNS(=O)(=O)c1ccc(NC(=O)C(C)C(N)c2ccccc2)cc1. The molecule has 2 aromatic rings. The van der Waals surface area contributed by atoms with Crippen molar-refractivity contribution in [2.75, 3.05) is 11.9 Å². The van der Waals surface area contributed by atoms with Crippen LogP contribution in [0, 0.1) is 5.92 Å². The van der Waals surface area contributed by atoms with Gasteiger partial charge in [0.25, 0.3) is 0 Å². The zero-order chi connectivity index (χ0) is 19.2. The summed E-state index contributed by atoms with van der Waals surface area (Å²) in [6.45, 7) is 4.04. The first-order chi connectivity index (χ1) is 12.3. The first kappa shape index (κ1) is 20.1. The van der Waals surface area contributed by atoms with Gasteiger partial charge in [0, 0.05) is 18.3 Å². The lowest BCUT2D eigenvalue weighted by Gasteiger charge is -2.20. The average molecular weight is 375 g/mol. The number of nitrogens with two attached hydrogens (primary N) is 1. The van der Waals surface area contributed by atoms with Gasteiger partial charge >= 0.3 is 0 Å². The number of nitrogens with one attached hydrogen (secondary N) is 2. The predicted molar refractivity (Wildman–Crippen MR) is 103 cm³/mol. The molecule has 0 heterocycles. The van der Waals surface area contributed by atoms with Crippen LogP contribution in [0.4, 0.5) is 5.69 Å². The summed E-state index contributed by atoms with van der Waals surface area (Å²) >= 11 is 0. The van der Waals surface area contributed by atoms with E-state index in [1.54, 1.807) is 19.1 Å². The van der Waals surface area contributed by atoms with E-state index >= 15 is 0 Å². The van der Waals surface area contributed by atoms with Crippen LogP contribution in [0.5, 0.6) is 0 Å². The fraction of sp³-hybridized carbons (Fsp3) is 0.316. The second kappa shape index (κ2) is 8.93. The minimum atomic E-state index is -3.52. The molecule has 2 unspecified atom stereocenters. The third kappa shape index (κ3) is 5.14. The summed E-state index contributed by atoms with van der Waals surface area (Å²) < 4.78 is 26.6. The van der Waals surface area contributed by atoms with E-state index < -0.39 is 22.0 Å². The largest absolute Gasteiger partial charge is 0.326 e. The minimum absolute atomic E-state index is 0.165. The Morgan fingerprint density at radius 2 is 1.69 bits per heavy atom. The maximum atomic E-state index is 12.4. The van der Waals surface area contributed by atoms with E-state index in [9.17, 15) is 13.2 Å². The number of carbonyl (C=O) groups excluding carboxylic acids is 1. The number of amides is 1. The predicted octanol–water partition coefficient (Wildman–Crippen LogP) is 2.65. The highest BCUT2D eigenvalue weighted by Crippen LogP contribution is 2.21. The zero-order valence-corrected chi connectivity index (χ0v) is 15.8. The van der Waals surface area contributed by atoms with Crippen LogP contribution in [0.25, 0.3) is 0 Å². The van der Waals surface area contributed by atoms with Crippen molar-refractivity contribution in [3.05, 3.63) is 60.2 Å². The third-order valence-corrected chi connectivity index (χ3v) is 5.59. The van der Waals surface area contributed by atoms with Gasteiger partial charge in [-0.05, 0) is 36.2 Å². The standard InChI is InChI=1S/C19H25N3O3S/c1-3-13-21-26(24,25)17-11-9-16(10-12-17)22-19(23)14(2)18(20)15-7-5-4-6-8-15/h4-12,14,18,21H,3,13,20H2,1-2H3,(H,22,23). The van der Waals surface area contributed by atoms with E-state index in [0.29, 0.717) is 18.7 Å². The molecule has 0 aliphatic carbocycles. The van der Waals surface area contributed by atoms with E-state index in [1.165, 1.54) is 12.1 Å². The Morgan fingerprint density at radius 1 is 1.08 bits per heavy atom. The summed E-state index contributed by atoms with van der Waals surface area (Å²) in [5, 5.41) is 2.78. The summed E-state index contributed by atoms with van der Waals surface area (Å²) in [6.07, 6.45) is 0.715. The first-order valence-electron chi connectivity index (χ1n) is 8.56. The van der Waals surface area contributed by atoms with Crippen molar-refractivity contribution in [1.29, 1.82) is 0 Å². The highest BCUT2D eigenvalue weighted by Gasteiger charge is 2.22. The lowest BCUT2D eigenvalue weighted by molar-refractivity contribution is -0.120. The molecule has 2 atom stereocenters. The maximum absolute atomic E-state index is 12.4. The lowest BCUT2D eigenvalue weighted by atomic mass is 9.94. The van der Waals surface area contributed by atoms with Crippen LogP contribution in [0.1, 0.15) is 31.9 Å². The molecule has 2 rings (SSSR count). The van der Waals surface area contributed by atoms with E-state index in [-0.39, 0.29) is 10.8 Å². The van der Waals surface area contributed by atoms with Crippen LogP contribution in [0.15, 0.2) is 59.5 Å². The molecule has 4 N–H and O–H groups in total. The Kier molecular flexibility index (Phi) is 6.90. The van der Waals surface area contributed by atoms with Crippen molar-refractivity contribution in [2.24, 2.45) is 11.7 Å². The fourth-order valence-corrected chi connectivity index (χ4v) is 3.55. The smallest absolute Gasteiger partial charge is 0.240 e. The van der Waals surface area contributed by atoms with E-state index in [2.05, 4.69) is 10.0 Å². The molecule has 0 spiro atoms. The monoisotopic (exact) mass is 375 g/mol. The quantitative estimate of drug-likeness (QED) is 0.660. The van der Waals surface area contributed by atoms with Crippen molar-refractivity contribution in [1.82, 2.24) is 4.72 Å². The van der Waals surface area contributed by atoms with Crippen molar-refractivity contribution in [3.63, 3.8) is 0 Å². The topological polar surface area (TPSA) is 101 Å². The number of benzene rings is 2. The van der Waals surface area contributed by atoms with Crippen molar-refractivity contribution < 1.29 is 13.2 Å². The normalized spacial score (nSPS) is 13.8. The van der Waals surface area contributed by atoms with Gasteiger partial charge in [0.1, 0.15) is 0 Å². The van der Waals surface area contributed by atoms with Gasteiger partial charge in [-0.2, -0.15) is 0 Å². The van der Waals surface area contributed by atoms with Gasteiger partial charge in [-0.25, -0.2) is 13.1 Å². The number of anilines is 1. The summed E-state index contributed by atoms with van der Waals surface area (Å²) in [4.78, 5) is 12.6. The van der Waals surface area contributed by atoms with E-state index in [0.717, 1.165) is 5.56 Å². The Bertz CT molecular complexity index is 821. The van der Waals surface area contributed by atoms with Gasteiger partial charge < -0.3 is 11.1 Å². The van der Waals surface area contributed by atoms with Crippen LogP contribution < -0.4 is 15.8 Å². The van der Waals surface area contributed by atoms with Gasteiger partial charge in [0.05, 0.1) is 10.8 Å². The lowest BCUT2D eigenvalue weighted by Crippen LogP contribution is -2.30. The Hall–Kier alpha value is -2.22. The number of sulfonamides is 1. The number of rotatable bonds is 8. The Balaban J connectivity index is 2.03. The highest BCUT2D eigenvalue weighted by atomic mass is 32.2. The van der Waals surface area contributed by atoms with Gasteiger partial charge in [-0.3, -0.25) is 4.79 Å². The molecular weight excluding hydrogens is 350 g/mol. The Morgan fingerprint density at radius 3 is 2.27 bits per heavy atom.